The van der Waals surface area contributed by atoms with E-state index in [0.29, 0.717) is 46.5 Å². The lowest BCUT2D eigenvalue weighted by molar-refractivity contribution is 0.0956. The number of primary amides is 1. The molecule has 192 valence electrons. The molecule has 1 atom stereocenters. The van der Waals surface area contributed by atoms with Crippen molar-refractivity contribution in [3.05, 3.63) is 86.9 Å². The SMILES string of the molecule is CC.CC(C)Cc1nc2c(c(-c3ccc4[nH]c(=O)oc4c3)c1C(N)=O)C(=O)NC2Cc1ccc(F)cc1. The molecule has 0 saturated heterocycles. The van der Waals surface area contributed by atoms with Crippen LogP contribution >= 0.6 is 0 Å². The molecule has 1 aliphatic heterocycles. The van der Waals surface area contributed by atoms with Gasteiger partial charge in [0.2, 0.25) is 0 Å². The number of nitrogens with two attached hydrogens (primary N) is 1. The normalized spacial score (nSPS) is 14.3. The van der Waals surface area contributed by atoms with Gasteiger partial charge in [-0.05, 0) is 54.2 Å². The molecule has 2 aromatic heterocycles. The van der Waals surface area contributed by atoms with Crippen LogP contribution in [0.15, 0.2) is 51.7 Å². The van der Waals surface area contributed by atoms with E-state index in [4.69, 9.17) is 15.1 Å². The summed E-state index contributed by atoms with van der Waals surface area (Å²) >= 11 is 0. The number of fused-ring (bicyclic) bond motifs is 2. The number of pyridine rings is 1. The van der Waals surface area contributed by atoms with Crippen LogP contribution in [0.3, 0.4) is 0 Å². The Morgan fingerprint density at radius 3 is 2.46 bits per heavy atom. The van der Waals surface area contributed by atoms with Crippen LogP contribution in [-0.2, 0) is 12.8 Å². The highest BCUT2D eigenvalue weighted by Crippen LogP contribution is 2.39. The predicted molar refractivity (Wildman–Crippen MR) is 139 cm³/mol. The van der Waals surface area contributed by atoms with Crippen LogP contribution in [0.4, 0.5) is 4.39 Å². The molecule has 0 radical (unpaired) electrons. The maximum Gasteiger partial charge on any atom is 0.417 e. The molecule has 2 aromatic carbocycles. The van der Waals surface area contributed by atoms with Gasteiger partial charge in [-0.25, -0.2) is 9.18 Å². The van der Waals surface area contributed by atoms with E-state index in [-0.39, 0.29) is 28.8 Å². The topological polar surface area (TPSA) is 131 Å². The second-order valence-corrected chi connectivity index (χ2v) is 9.11. The molecular formula is C28H29FN4O4. The summed E-state index contributed by atoms with van der Waals surface area (Å²) in [4.78, 5) is 45.0. The Labute approximate surface area is 213 Å². The van der Waals surface area contributed by atoms with Crippen molar-refractivity contribution < 1.29 is 18.4 Å². The van der Waals surface area contributed by atoms with Crippen molar-refractivity contribution >= 4 is 22.9 Å². The Morgan fingerprint density at radius 2 is 1.81 bits per heavy atom. The highest BCUT2D eigenvalue weighted by Gasteiger charge is 2.37. The zero-order valence-corrected chi connectivity index (χ0v) is 21.1. The molecule has 0 saturated carbocycles. The first-order valence-electron chi connectivity index (χ1n) is 12.3. The third-order valence-corrected chi connectivity index (χ3v) is 6.07. The first-order valence-corrected chi connectivity index (χ1v) is 12.3. The fourth-order valence-electron chi connectivity index (χ4n) is 4.63. The second kappa shape index (κ2) is 10.4. The molecule has 1 aliphatic rings. The van der Waals surface area contributed by atoms with Crippen LogP contribution in [0.25, 0.3) is 22.2 Å². The molecule has 4 aromatic rings. The van der Waals surface area contributed by atoms with E-state index >= 15 is 0 Å². The molecule has 0 aliphatic carbocycles. The standard InChI is InChI=1S/C26H23FN4O4.C2H6/c1-12(2)9-17-21(24(28)32)20(14-5-8-16-19(11-14)35-26(34)31-16)22-23(29-17)18(30-25(22)33)10-13-3-6-15(27)7-4-13;1-2/h3-8,11-12,18H,9-10H2,1-2H3,(H2,28,32)(H,30,33)(H,31,34);1-2H3. The Morgan fingerprint density at radius 1 is 1.11 bits per heavy atom. The maximum absolute atomic E-state index is 13.4. The summed E-state index contributed by atoms with van der Waals surface area (Å²) in [6, 6.07) is 10.5. The largest absolute Gasteiger partial charge is 0.417 e. The number of nitrogens with zero attached hydrogens (tertiary/aromatic N) is 1. The number of nitrogens with one attached hydrogen (secondary N) is 2. The van der Waals surface area contributed by atoms with Crippen LogP contribution in [0.5, 0.6) is 0 Å². The van der Waals surface area contributed by atoms with Gasteiger partial charge in [0.05, 0.1) is 34.1 Å². The van der Waals surface area contributed by atoms with Crippen molar-refractivity contribution in [3.63, 3.8) is 0 Å². The van der Waals surface area contributed by atoms with Gasteiger partial charge in [0, 0.05) is 5.56 Å². The van der Waals surface area contributed by atoms with Gasteiger partial charge in [0.15, 0.2) is 5.58 Å². The smallest absolute Gasteiger partial charge is 0.408 e. The number of hydrogen-bond acceptors (Lipinski definition) is 5. The Hall–Kier alpha value is -4.27. The van der Waals surface area contributed by atoms with Crippen molar-refractivity contribution in [1.29, 1.82) is 0 Å². The lowest BCUT2D eigenvalue weighted by atomic mass is 9.88. The van der Waals surface area contributed by atoms with E-state index in [1.54, 1.807) is 30.3 Å². The fourth-order valence-corrected chi connectivity index (χ4v) is 4.63. The Balaban J connectivity index is 0.00000156. The van der Waals surface area contributed by atoms with E-state index < -0.39 is 17.7 Å². The van der Waals surface area contributed by atoms with Gasteiger partial charge in [0.1, 0.15) is 5.82 Å². The molecule has 3 heterocycles. The van der Waals surface area contributed by atoms with Crippen molar-refractivity contribution in [3.8, 4) is 11.1 Å². The van der Waals surface area contributed by atoms with Crippen LogP contribution in [0.2, 0.25) is 0 Å². The maximum atomic E-state index is 13.4. The van der Waals surface area contributed by atoms with Crippen LogP contribution in [-0.4, -0.2) is 21.8 Å². The number of benzene rings is 2. The number of oxazole rings is 1. The fraction of sp³-hybridized carbons (Fsp3) is 0.286. The first kappa shape index (κ1) is 25.8. The van der Waals surface area contributed by atoms with Crippen LogP contribution in [0, 0.1) is 11.7 Å². The third-order valence-electron chi connectivity index (χ3n) is 6.07. The summed E-state index contributed by atoms with van der Waals surface area (Å²) in [6.45, 7) is 8.00. The van der Waals surface area contributed by atoms with Crippen molar-refractivity contribution in [2.24, 2.45) is 11.7 Å². The molecule has 8 nitrogen and oxygen atoms in total. The summed E-state index contributed by atoms with van der Waals surface area (Å²) in [6.07, 6.45) is 0.867. The quantitative estimate of drug-likeness (QED) is 0.351. The minimum Gasteiger partial charge on any atom is -0.408 e. The van der Waals surface area contributed by atoms with Gasteiger partial charge < -0.3 is 15.5 Å². The highest BCUT2D eigenvalue weighted by molar-refractivity contribution is 6.11. The van der Waals surface area contributed by atoms with Gasteiger partial charge in [-0.3, -0.25) is 19.6 Å². The van der Waals surface area contributed by atoms with E-state index in [0.717, 1.165) is 5.56 Å². The number of carbonyl (C=O) groups excluding carboxylic acids is 2. The number of carbonyl (C=O) groups is 2. The number of rotatable bonds is 6. The summed E-state index contributed by atoms with van der Waals surface area (Å²) in [5.74, 6) is -1.87. The molecule has 1 unspecified atom stereocenters. The van der Waals surface area contributed by atoms with Gasteiger partial charge in [0.25, 0.3) is 11.8 Å². The van der Waals surface area contributed by atoms with Gasteiger partial charge in [-0.2, -0.15) is 0 Å². The van der Waals surface area contributed by atoms with Crippen LogP contribution < -0.4 is 16.8 Å². The lowest BCUT2D eigenvalue weighted by Crippen LogP contribution is -2.21. The minimum atomic E-state index is -0.698. The lowest BCUT2D eigenvalue weighted by Gasteiger charge is -2.18. The van der Waals surface area contributed by atoms with E-state index in [2.05, 4.69) is 10.3 Å². The summed E-state index contributed by atoms with van der Waals surface area (Å²) in [7, 11) is 0. The van der Waals surface area contributed by atoms with Crippen LogP contribution in [0.1, 0.15) is 71.4 Å². The number of halogens is 1. The van der Waals surface area contributed by atoms with E-state index in [1.165, 1.54) is 12.1 Å². The molecule has 0 spiro atoms. The number of aromatic nitrogens is 2. The molecule has 2 amide bonds. The average molecular weight is 505 g/mol. The third kappa shape index (κ3) is 5.02. The number of H-pyrrole nitrogens is 1. The molecule has 4 N–H and O–H groups in total. The Bertz CT molecular complexity index is 1540. The molecule has 9 heteroatoms. The van der Waals surface area contributed by atoms with Gasteiger partial charge in [-0.15, -0.1) is 0 Å². The number of amides is 2. The second-order valence-electron chi connectivity index (χ2n) is 9.11. The highest BCUT2D eigenvalue weighted by atomic mass is 19.1. The summed E-state index contributed by atoms with van der Waals surface area (Å²) in [5.41, 5.74) is 9.75. The Kier molecular flexibility index (Phi) is 7.24. The van der Waals surface area contributed by atoms with Crippen molar-refractivity contribution in [2.75, 3.05) is 0 Å². The van der Waals surface area contributed by atoms with E-state index in [9.17, 15) is 18.8 Å². The zero-order chi connectivity index (χ0) is 26.9. The minimum absolute atomic E-state index is 0.164. The van der Waals surface area contributed by atoms with Gasteiger partial charge in [-0.1, -0.05) is 45.9 Å². The van der Waals surface area contributed by atoms with Gasteiger partial charge >= 0.3 is 5.76 Å². The number of hydrogen-bond donors (Lipinski definition) is 3. The van der Waals surface area contributed by atoms with Crippen molar-refractivity contribution in [2.45, 2.75) is 46.6 Å². The molecule has 0 bridgehead atoms. The average Bonchev–Trinajstić information content (AvgIpc) is 3.38. The molecule has 37 heavy (non-hydrogen) atoms. The summed E-state index contributed by atoms with van der Waals surface area (Å²) < 4.78 is 18.6. The van der Waals surface area contributed by atoms with E-state index in [1.807, 2.05) is 27.7 Å². The number of aromatic amines is 1. The summed E-state index contributed by atoms with van der Waals surface area (Å²) in [5, 5.41) is 2.95. The first-order chi connectivity index (χ1) is 17.7. The molecule has 5 rings (SSSR count). The monoisotopic (exact) mass is 504 g/mol. The predicted octanol–water partition coefficient (Wildman–Crippen LogP) is 4.67. The molecular weight excluding hydrogens is 475 g/mol. The molecule has 0 fully saturated rings. The zero-order valence-electron chi connectivity index (χ0n) is 21.1. The van der Waals surface area contributed by atoms with Crippen molar-refractivity contribution in [1.82, 2.24) is 15.3 Å².